The SMILES string of the molecule is C=CCN1CC[C@]23c4c5c(O)cc(OC(C)=O)c4O[C@H]2[C@@H](N(CC)C(=O)CCCCC(=O)c2ccccc2)CC[C@H]3[C@H]1C5. The summed E-state index contributed by atoms with van der Waals surface area (Å²) in [5, 5.41) is 11.2. The zero-order chi connectivity index (χ0) is 30.3. The molecular weight excluding hydrogens is 544 g/mol. The third-order valence-corrected chi connectivity index (χ3v) is 10.3. The third-order valence-electron chi connectivity index (χ3n) is 10.3. The number of hydrogen-bond donors (Lipinski definition) is 1. The van der Waals surface area contributed by atoms with E-state index >= 15 is 0 Å². The Morgan fingerprint density at radius 2 is 1.95 bits per heavy atom. The molecule has 2 aromatic rings. The van der Waals surface area contributed by atoms with E-state index in [0.717, 1.165) is 43.5 Å². The Morgan fingerprint density at radius 1 is 1.19 bits per heavy atom. The highest BCUT2D eigenvalue weighted by atomic mass is 16.6. The molecule has 2 aliphatic carbocycles. The molecule has 8 heteroatoms. The van der Waals surface area contributed by atoms with Crippen LogP contribution in [0.3, 0.4) is 0 Å². The number of ether oxygens (including phenoxy) is 2. The zero-order valence-corrected chi connectivity index (χ0v) is 25.2. The predicted molar refractivity (Wildman–Crippen MR) is 163 cm³/mol. The molecule has 8 nitrogen and oxygen atoms in total. The summed E-state index contributed by atoms with van der Waals surface area (Å²) in [6.07, 6.45) is 7.05. The van der Waals surface area contributed by atoms with E-state index in [1.54, 1.807) is 0 Å². The molecule has 1 spiro atoms. The second-order valence-corrected chi connectivity index (χ2v) is 12.5. The number of rotatable bonds is 11. The number of amides is 1. The van der Waals surface area contributed by atoms with Crippen LogP contribution in [0.15, 0.2) is 49.1 Å². The lowest BCUT2D eigenvalue weighted by Gasteiger charge is -2.60. The van der Waals surface area contributed by atoms with E-state index < -0.39 is 5.97 Å². The predicted octanol–water partition coefficient (Wildman–Crippen LogP) is 5.20. The summed E-state index contributed by atoms with van der Waals surface area (Å²) in [7, 11) is 0. The molecule has 2 heterocycles. The first-order valence-corrected chi connectivity index (χ1v) is 15.8. The number of carbonyl (C=O) groups excluding carboxylic acids is 3. The van der Waals surface area contributed by atoms with Crippen LogP contribution in [-0.2, 0) is 21.4 Å². The highest BCUT2D eigenvalue weighted by Crippen LogP contribution is 2.65. The average molecular weight is 587 g/mol. The summed E-state index contributed by atoms with van der Waals surface area (Å²) in [5.41, 5.74) is 2.20. The van der Waals surface area contributed by atoms with Crippen molar-refractivity contribution in [3.63, 3.8) is 0 Å². The van der Waals surface area contributed by atoms with E-state index in [4.69, 9.17) is 9.47 Å². The fourth-order valence-corrected chi connectivity index (χ4v) is 8.66. The third kappa shape index (κ3) is 4.93. The van der Waals surface area contributed by atoms with E-state index in [1.165, 1.54) is 13.0 Å². The summed E-state index contributed by atoms with van der Waals surface area (Å²) in [4.78, 5) is 42.8. The average Bonchev–Trinajstić information content (AvgIpc) is 3.34. The number of likely N-dealkylation sites (tertiary alicyclic amines) is 1. The van der Waals surface area contributed by atoms with Gasteiger partial charge in [-0.3, -0.25) is 19.3 Å². The molecule has 1 saturated carbocycles. The summed E-state index contributed by atoms with van der Waals surface area (Å²) in [6.45, 7) is 9.56. The van der Waals surface area contributed by atoms with Gasteiger partial charge < -0.3 is 19.5 Å². The van der Waals surface area contributed by atoms with Gasteiger partial charge in [0.2, 0.25) is 5.91 Å². The van der Waals surface area contributed by atoms with Crippen molar-refractivity contribution < 1.29 is 29.0 Å². The Hall–Kier alpha value is -3.65. The number of Topliss-reactive ketones (excluding diaryl/α,β-unsaturated/α-hetero) is 1. The number of piperidine rings is 1. The minimum atomic E-state index is -0.467. The van der Waals surface area contributed by atoms with Gasteiger partial charge in [0.15, 0.2) is 17.3 Å². The van der Waals surface area contributed by atoms with Gasteiger partial charge >= 0.3 is 5.97 Å². The minimum absolute atomic E-state index is 0.0776. The van der Waals surface area contributed by atoms with Gasteiger partial charge in [-0.2, -0.15) is 0 Å². The largest absolute Gasteiger partial charge is 0.508 e. The number of ketones is 1. The number of nitrogens with zero attached hydrogens (tertiary/aromatic N) is 2. The van der Waals surface area contributed by atoms with E-state index in [0.29, 0.717) is 55.9 Å². The van der Waals surface area contributed by atoms with Gasteiger partial charge in [0.1, 0.15) is 11.9 Å². The summed E-state index contributed by atoms with van der Waals surface area (Å²) >= 11 is 0. The standard InChI is InChI=1S/C35H42N2O6/c1-4-18-36-19-17-35-25-15-16-26(37(5-2)31(41)14-10-9-13-28(39)23-11-7-6-8-12-23)34(35)43-33-30(42-22(3)38)21-29(40)24(32(33)35)20-27(25)36/h4,6-8,11-12,21,25-27,34,40H,1,5,9-10,13-20H2,2-3H3/t25-,26-,27+,34-,35-/m0/s1. The van der Waals surface area contributed by atoms with Gasteiger partial charge in [0.05, 0.1) is 6.04 Å². The van der Waals surface area contributed by atoms with Crippen LogP contribution in [0.2, 0.25) is 0 Å². The van der Waals surface area contributed by atoms with Crippen LogP contribution in [0, 0.1) is 5.92 Å². The molecule has 2 aromatic carbocycles. The molecule has 2 fully saturated rings. The number of aromatic hydroxyl groups is 1. The fourth-order valence-electron chi connectivity index (χ4n) is 8.66. The van der Waals surface area contributed by atoms with Crippen LogP contribution in [0.4, 0.5) is 0 Å². The molecule has 0 radical (unpaired) electrons. The highest BCUT2D eigenvalue weighted by Gasteiger charge is 2.67. The van der Waals surface area contributed by atoms with E-state index in [2.05, 4.69) is 11.5 Å². The van der Waals surface area contributed by atoms with Crippen LogP contribution in [0.5, 0.6) is 17.2 Å². The van der Waals surface area contributed by atoms with Crippen molar-refractivity contribution >= 4 is 17.7 Å². The number of carbonyl (C=O) groups is 3. The number of unbranched alkanes of at least 4 members (excludes halogenated alkanes) is 1. The number of phenolic OH excluding ortho intramolecular Hbond substituents is 1. The number of hydrogen-bond acceptors (Lipinski definition) is 7. The lowest BCUT2D eigenvalue weighted by Crippen LogP contribution is -2.69. The minimum Gasteiger partial charge on any atom is -0.508 e. The molecule has 0 aromatic heterocycles. The number of phenols is 1. The van der Waals surface area contributed by atoms with Crippen molar-refractivity contribution in [2.24, 2.45) is 5.92 Å². The highest BCUT2D eigenvalue weighted by molar-refractivity contribution is 5.96. The van der Waals surface area contributed by atoms with Gasteiger partial charge in [-0.1, -0.05) is 36.4 Å². The van der Waals surface area contributed by atoms with E-state index in [9.17, 15) is 19.5 Å². The Balaban J connectivity index is 1.26. The maximum atomic E-state index is 13.7. The molecule has 43 heavy (non-hydrogen) atoms. The molecule has 228 valence electrons. The number of esters is 1. The lowest BCUT2D eigenvalue weighted by molar-refractivity contribution is -0.142. The molecule has 2 aliphatic heterocycles. The monoisotopic (exact) mass is 586 g/mol. The Labute approximate surface area is 253 Å². The quantitative estimate of drug-likeness (QED) is 0.127. The molecule has 1 amide bonds. The van der Waals surface area contributed by atoms with Crippen LogP contribution in [0.1, 0.15) is 80.3 Å². The molecule has 6 rings (SSSR count). The van der Waals surface area contributed by atoms with Crippen molar-refractivity contribution in [3.05, 3.63) is 65.7 Å². The van der Waals surface area contributed by atoms with Crippen molar-refractivity contribution in [3.8, 4) is 17.2 Å². The van der Waals surface area contributed by atoms with Crippen LogP contribution in [-0.4, -0.2) is 70.4 Å². The van der Waals surface area contributed by atoms with E-state index in [1.807, 2.05) is 48.2 Å². The van der Waals surface area contributed by atoms with Crippen molar-refractivity contribution in [2.45, 2.75) is 88.8 Å². The van der Waals surface area contributed by atoms with Gasteiger partial charge in [0.25, 0.3) is 0 Å². The van der Waals surface area contributed by atoms with E-state index in [-0.39, 0.29) is 46.8 Å². The molecule has 2 bridgehead atoms. The first kappa shape index (κ1) is 29.4. The smallest absolute Gasteiger partial charge is 0.308 e. The molecule has 0 unspecified atom stereocenters. The second kappa shape index (κ2) is 11.8. The van der Waals surface area contributed by atoms with Gasteiger partial charge in [-0.25, -0.2) is 0 Å². The Bertz CT molecular complexity index is 1420. The Morgan fingerprint density at radius 3 is 2.67 bits per heavy atom. The second-order valence-electron chi connectivity index (χ2n) is 12.5. The van der Waals surface area contributed by atoms with Gasteiger partial charge in [0, 0.05) is 67.1 Å². The van der Waals surface area contributed by atoms with Crippen molar-refractivity contribution in [1.82, 2.24) is 9.80 Å². The molecule has 1 saturated heterocycles. The lowest BCUT2D eigenvalue weighted by atomic mass is 9.50. The fraction of sp³-hybridized carbons (Fsp3) is 0.514. The van der Waals surface area contributed by atoms with Crippen molar-refractivity contribution in [2.75, 3.05) is 19.6 Å². The summed E-state index contributed by atoms with van der Waals surface area (Å²) in [5.74, 6) is 0.961. The summed E-state index contributed by atoms with van der Waals surface area (Å²) < 4.78 is 12.4. The molecular formula is C35H42N2O6. The van der Waals surface area contributed by atoms with Gasteiger partial charge in [-0.15, -0.1) is 6.58 Å². The van der Waals surface area contributed by atoms with Crippen LogP contribution in [0.25, 0.3) is 0 Å². The normalized spacial score (nSPS) is 26.7. The van der Waals surface area contributed by atoms with Crippen molar-refractivity contribution in [1.29, 1.82) is 0 Å². The topological polar surface area (TPSA) is 96.4 Å². The number of likely N-dealkylation sites (N-methyl/N-ethyl adjacent to an activating group) is 1. The summed E-state index contributed by atoms with van der Waals surface area (Å²) in [6, 6.07) is 10.9. The Kier molecular flexibility index (Phi) is 8.07. The molecule has 4 aliphatic rings. The maximum absolute atomic E-state index is 13.7. The van der Waals surface area contributed by atoms with Crippen LogP contribution < -0.4 is 9.47 Å². The zero-order valence-electron chi connectivity index (χ0n) is 25.2. The van der Waals surface area contributed by atoms with Gasteiger partial charge in [-0.05, 0) is 57.9 Å². The number of benzene rings is 2. The van der Waals surface area contributed by atoms with Crippen LogP contribution >= 0.6 is 0 Å². The molecule has 5 atom stereocenters. The molecule has 1 N–H and O–H groups in total. The first-order chi connectivity index (χ1) is 20.8. The maximum Gasteiger partial charge on any atom is 0.308 e. The first-order valence-electron chi connectivity index (χ1n) is 15.8.